The van der Waals surface area contributed by atoms with Crippen molar-refractivity contribution in [1.82, 2.24) is 5.32 Å². The van der Waals surface area contributed by atoms with Crippen LogP contribution in [0.5, 0.6) is 0 Å². The van der Waals surface area contributed by atoms with Gasteiger partial charge in [-0.25, -0.2) is 0 Å². The smallest absolute Gasteiger partial charge is 0.0320 e. The van der Waals surface area contributed by atoms with Crippen LogP contribution >= 0.6 is 0 Å². The molecule has 1 rings (SSSR count). The van der Waals surface area contributed by atoms with Crippen molar-refractivity contribution >= 4 is 0 Å². The molecule has 108 valence electrons. The van der Waals surface area contributed by atoms with Crippen molar-refractivity contribution in [3.05, 3.63) is 35.4 Å². The SMILES string of the molecule is CCCCCCCC(NCC)c1cccc(CC)c1. The second kappa shape index (κ2) is 10.0. The average molecular weight is 261 g/mol. The minimum atomic E-state index is 0.540. The third kappa shape index (κ3) is 6.24. The van der Waals surface area contributed by atoms with E-state index in [1.807, 2.05) is 0 Å². The first kappa shape index (κ1) is 16.2. The number of aryl methyl sites for hydroxylation is 1. The molecule has 1 atom stereocenters. The van der Waals surface area contributed by atoms with Crippen molar-refractivity contribution in [2.75, 3.05) is 6.54 Å². The van der Waals surface area contributed by atoms with Gasteiger partial charge < -0.3 is 5.32 Å². The van der Waals surface area contributed by atoms with E-state index in [-0.39, 0.29) is 0 Å². The Balaban J connectivity index is 2.50. The molecule has 1 N–H and O–H groups in total. The van der Waals surface area contributed by atoms with Crippen molar-refractivity contribution < 1.29 is 0 Å². The molecule has 1 unspecified atom stereocenters. The lowest BCUT2D eigenvalue weighted by molar-refractivity contribution is 0.478. The topological polar surface area (TPSA) is 12.0 Å². The van der Waals surface area contributed by atoms with Crippen LogP contribution in [0.15, 0.2) is 24.3 Å². The predicted octanol–water partition coefficient (Wildman–Crippen LogP) is 5.26. The Bertz CT molecular complexity index is 332. The molecular weight excluding hydrogens is 230 g/mol. The molecule has 1 nitrogen and oxygen atoms in total. The minimum absolute atomic E-state index is 0.540. The van der Waals surface area contributed by atoms with Crippen molar-refractivity contribution in [2.24, 2.45) is 0 Å². The van der Waals surface area contributed by atoms with E-state index >= 15 is 0 Å². The zero-order valence-electron chi connectivity index (χ0n) is 13.0. The van der Waals surface area contributed by atoms with Crippen LogP contribution in [0.1, 0.15) is 76.5 Å². The van der Waals surface area contributed by atoms with E-state index in [1.165, 1.54) is 49.7 Å². The molecule has 0 saturated carbocycles. The summed E-state index contributed by atoms with van der Waals surface area (Å²) in [5.41, 5.74) is 2.92. The Morgan fingerprint density at radius 3 is 2.47 bits per heavy atom. The molecule has 0 fully saturated rings. The fourth-order valence-corrected chi connectivity index (χ4v) is 2.61. The van der Waals surface area contributed by atoms with Gasteiger partial charge in [-0.05, 0) is 30.5 Å². The quantitative estimate of drug-likeness (QED) is 0.566. The molecular formula is C18H31N. The second-order valence-electron chi connectivity index (χ2n) is 5.41. The minimum Gasteiger partial charge on any atom is -0.310 e. The predicted molar refractivity (Wildman–Crippen MR) is 85.6 cm³/mol. The zero-order chi connectivity index (χ0) is 13.9. The van der Waals surface area contributed by atoms with Gasteiger partial charge in [0, 0.05) is 6.04 Å². The Kier molecular flexibility index (Phi) is 8.57. The maximum Gasteiger partial charge on any atom is 0.0320 e. The van der Waals surface area contributed by atoms with E-state index in [2.05, 4.69) is 50.4 Å². The van der Waals surface area contributed by atoms with E-state index < -0.39 is 0 Å². The molecule has 1 aromatic rings. The molecule has 19 heavy (non-hydrogen) atoms. The number of nitrogens with one attached hydrogen (secondary N) is 1. The summed E-state index contributed by atoms with van der Waals surface area (Å²) < 4.78 is 0. The fraction of sp³-hybridized carbons (Fsp3) is 0.667. The molecule has 0 saturated heterocycles. The van der Waals surface area contributed by atoms with E-state index in [9.17, 15) is 0 Å². The van der Waals surface area contributed by atoms with Crippen LogP contribution in [0.25, 0.3) is 0 Å². The third-order valence-corrected chi connectivity index (χ3v) is 3.81. The lowest BCUT2D eigenvalue weighted by atomic mass is 9.97. The molecule has 0 bridgehead atoms. The highest BCUT2D eigenvalue weighted by Crippen LogP contribution is 2.21. The summed E-state index contributed by atoms with van der Waals surface area (Å²) in [5.74, 6) is 0. The van der Waals surface area contributed by atoms with Crippen LogP contribution in [-0.2, 0) is 6.42 Å². The third-order valence-electron chi connectivity index (χ3n) is 3.81. The van der Waals surface area contributed by atoms with Crippen LogP contribution in [0.4, 0.5) is 0 Å². The standard InChI is InChI=1S/C18H31N/c1-4-7-8-9-10-14-18(19-6-3)17-13-11-12-16(5-2)15-17/h11-13,15,18-19H,4-10,14H2,1-3H3. The first-order valence-electron chi connectivity index (χ1n) is 8.14. The van der Waals surface area contributed by atoms with Gasteiger partial charge in [0.2, 0.25) is 0 Å². The molecule has 0 amide bonds. The monoisotopic (exact) mass is 261 g/mol. The number of hydrogen-bond donors (Lipinski definition) is 1. The molecule has 0 spiro atoms. The largest absolute Gasteiger partial charge is 0.310 e. The zero-order valence-corrected chi connectivity index (χ0v) is 13.0. The highest BCUT2D eigenvalue weighted by molar-refractivity contribution is 5.26. The molecule has 0 heterocycles. The molecule has 0 aliphatic carbocycles. The van der Waals surface area contributed by atoms with Gasteiger partial charge in [-0.15, -0.1) is 0 Å². The van der Waals surface area contributed by atoms with Crippen LogP contribution in [-0.4, -0.2) is 6.54 Å². The van der Waals surface area contributed by atoms with Gasteiger partial charge in [-0.3, -0.25) is 0 Å². The van der Waals surface area contributed by atoms with Gasteiger partial charge in [0.25, 0.3) is 0 Å². The summed E-state index contributed by atoms with van der Waals surface area (Å²) in [4.78, 5) is 0. The van der Waals surface area contributed by atoms with Gasteiger partial charge >= 0.3 is 0 Å². The summed E-state index contributed by atoms with van der Waals surface area (Å²) in [6, 6.07) is 9.62. The summed E-state index contributed by atoms with van der Waals surface area (Å²) in [6.45, 7) is 7.76. The average Bonchev–Trinajstić information content (AvgIpc) is 2.46. The van der Waals surface area contributed by atoms with Gasteiger partial charge in [0.05, 0.1) is 0 Å². The summed E-state index contributed by atoms with van der Waals surface area (Å²) in [6.07, 6.45) is 9.22. The number of rotatable bonds is 10. The molecule has 0 aromatic heterocycles. The van der Waals surface area contributed by atoms with E-state index in [0.29, 0.717) is 6.04 Å². The van der Waals surface area contributed by atoms with Crippen molar-refractivity contribution in [2.45, 2.75) is 71.8 Å². The van der Waals surface area contributed by atoms with Crippen LogP contribution in [0.2, 0.25) is 0 Å². The van der Waals surface area contributed by atoms with Gasteiger partial charge in [0.1, 0.15) is 0 Å². The number of benzene rings is 1. The summed E-state index contributed by atoms with van der Waals surface area (Å²) >= 11 is 0. The van der Waals surface area contributed by atoms with E-state index in [1.54, 1.807) is 0 Å². The number of unbranched alkanes of at least 4 members (excludes halogenated alkanes) is 4. The van der Waals surface area contributed by atoms with E-state index in [0.717, 1.165) is 13.0 Å². The maximum absolute atomic E-state index is 3.64. The van der Waals surface area contributed by atoms with Crippen molar-refractivity contribution in [3.8, 4) is 0 Å². The lowest BCUT2D eigenvalue weighted by Crippen LogP contribution is -2.21. The fourth-order valence-electron chi connectivity index (χ4n) is 2.61. The highest BCUT2D eigenvalue weighted by atomic mass is 14.9. The van der Waals surface area contributed by atoms with Crippen molar-refractivity contribution in [1.29, 1.82) is 0 Å². The van der Waals surface area contributed by atoms with Crippen molar-refractivity contribution in [3.63, 3.8) is 0 Å². The Labute approximate surface area is 119 Å². The summed E-state index contributed by atoms with van der Waals surface area (Å²) in [5, 5.41) is 3.64. The number of hydrogen-bond acceptors (Lipinski definition) is 1. The van der Waals surface area contributed by atoms with Gasteiger partial charge in [0.15, 0.2) is 0 Å². The first-order valence-corrected chi connectivity index (χ1v) is 8.14. The van der Waals surface area contributed by atoms with Gasteiger partial charge in [-0.2, -0.15) is 0 Å². The Morgan fingerprint density at radius 1 is 1.00 bits per heavy atom. The lowest BCUT2D eigenvalue weighted by Gasteiger charge is -2.19. The highest BCUT2D eigenvalue weighted by Gasteiger charge is 2.09. The van der Waals surface area contributed by atoms with Crippen LogP contribution < -0.4 is 5.32 Å². The summed E-state index contributed by atoms with van der Waals surface area (Å²) in [7, 11) is 0. The Hall–Kier alpha value is -0.820. The maximum atomic E-state index is 3.64. The van der Waals surface area contributed by atoms with Crippen LogP contribution in [0, 0.1) is 0 Å². The second-order valence-corrected chi connectivity index (χ2v) is 5.41. The Morgan fingerprint density at radius 2 is 1.79 bits per heavy atom. The molecule has 1 aromatic carbocycles. The first-order chi connectivity index (χ1) is 9.31. The molecule has 0 aliphatic heterocycles. The molecule has 1 heteroatoms. The van der Waals surface area contributed by atoms with E-state index in [4.69, 9.17) is 0 Å². The molecule has 0 radical (unpaired) electrons. The van der Waals surface area contributed by atoms with Crippen LogP contribution in [0.3, 0.4) is 0 Å². The molecule has 0 aliphatic rings. The normalized spacial score (nSPS) is 12.6. The van der Waals surface area contributed by atoms with Gasteiger partial charge in [-0.1, -0.05) is 77.1 Å².